The molecule has 0 spiro atoms. The summed E-state index contributed by atoms with van der Waals surface area (Å²) in [6.45, 7) is 4.34. The first-order chi connectivity index (χ1) is 11.5. The maximum atomic E-state index is 12.6. The highest BCUT2D eigenvalue weighted by atomic mass is 35.5. The Hall–Kier alpha value is -1.03. The fraction of sp³-hybridized carbons (Fsp3) is 0.789. The highest BCUT2D eigenvalue weighted by Gasteiger charge is 2.53. The minimum atomic E-state index is 0.0664. The van der Waals surface area contributed by atoms with Crippen LogP contribution in [0.25, 0.3) is 0 Å². The molecule has 4 fully saturated rings. The van der Waals surface area contributed by atoms with E-state index in [4.69, 9.17) is 11.6 Å². The molecule has 132 valence electrons. The molecule has 0 saturated heterocycles. The number of hydrogen-bond donors (Lipinski definition) is 1. The molecule has 4 nitrogen and oxygen atoms in total. The topological polar surface area (TPSA) is 46.9 Å². The normalized spacial score (nSPS) is 35.2. The van der Waals surface area contributed by atoms with Gasteiger partial charge < -0.3 is 5.32 Å². The molecule has 1 unspecified atom stereocenters. The number of aromatic nitrogens is 2. The van der Waals surface area contributed by atoms with Gasteiger partial charge in [0.05, 0.1) is 10.7 Å². The van der Waals surface area contributed by atoms with Crippen molar-refractivity contribution in [1.29, 1.82) is 0 Å². The number of hydrogen-bond acceptors (Lipinski definition) is 2. The third-order valence-corrected chi connectivity index (χ3v) is 7.13. The fourth-order valence-electron chi connectivity index (χ4n) is 6.25. The number of halogens is 1. The number of nitrogens with zero attached hydrogens (tertiary/aromatic N) is 2. The minimum Gasteiger partial charge on any atom is -0.351 e. The second-order valence-corrected chi connectivity index (χ2v) is 8.98. The Balaban J connectivity index is 1.45. The van der Waals surface area contributed by atoms with Gasteiger partial charge in [0.25, 0.3) is 0 Å². The molecule has 1 heterocycles. The number of aryl methyl sites for hydroxylation is 1. The third kappa shape index (κ3) is 2.87. The zero-order chi connectivity index (χ0) is 16.9. The molecule has 1 amide bonds. The van der Waals surface area contributed by atoms with Crippen LogP contribution in [0.1, 0.15) is 57.6 Å². The maximum Gasteiger partial charge on any atom is 0.241 e. The SMILES string of the molecule is CCC(NC(=O)Cn1cc(Cl)c(C)n1)C12CC3CC(CC(C3)C1)C2. The van der Waals surface area contributed by atoms with E-state index in [9.17, 15) is 4.79 Å². The van der Waals surface area contributed by atoms with Crippen LogP contribution in [0.5, 0.6) is 0 Å². The van der Waals surface area contributed by atoms with Gasteiger partial charge >= 0.3 is 0 Å². The lowest BCUT2D eigenvalue weighted by atomic mass is 9.47. The predicted octanol–water partition coefficient (Wildman–Crippen LogP) is 3.96. The number of carbonyl (C=O) groups excluding carboxylic acids is 1. The van der Waals surface area contributed by atoms with Crippen LogP contribution >= 0.6 is 11.6 Å². The van der Waals surface area contributed by atoms with E-state index < -0.39 is 0 Å². The van der Waals surface area contributed by atoms with Crippen molar-refractivity contribution in [3.63, 3.8) is 0 Å². The van der Waals surface area contributed by atoms with Crippen LogP contribution in [-0.2, 0) is 11.3 Å². The lowest BCUT2D eigenvalue weighted by Gasteiger charge is -2.59. The Morgan fingerprint density at radius 3 is 2.38 bits per heavy atom. The van der Waals surface area contributed by atoms with Crippen molar-refractivity contribution in [1.82, 2.24) is 15.1 Å². The van der Waals surface area contributed by atoms with Crippen molar-refractivity contribution in [2.45, 2.75) is 71.4 Å². The smallest absolute Gasteiger partial charge is 0.241 e. The first-order valence-corrected chi connectivity index (χ1v) is 9.84. The largest absolute Gasteiger partial charge is 0.351 e. The standard InChI is InChI=1S/C19H28ClN3O/c1-3-17(21-18(24)11-23-10-16(20)12(2)22-23)19-7-13-4-14(8-19)6-15(5-13)9-19/h10,13-15,17H,3-9,11H2,1-2H3,(H,21,24). The van der Waals surface area contributed by atoms with E-state index in [0.29, 0.717) is 16.5 Å². The average molecular weight is 350 g/mol. The third-order valence-electron chi connectivity index (χ3n) is 6.76. The van der Waals surface area contributed by atoms with Crippen LogP contribution in [-0.4, -0.2) is 21.7 Å². The van der Waals surface area contributed by atoms with Crippen molar-refractivity contribution in [3.05, 3.63) is 16.9 Å². The number of rotatable bonds is 5. The maximum absolute atomic E-state index is 12.6. The van der Waals surface area contributed by atoms with Crippen molar-refractivity contribution in [3.8, 4) is 0 Å². The van der Waals surface area contributed by atoms with E-state index >= 15 is 0 Å². The lowest BCUT2D eigenvalue weighted by molar-refractivity contribution is -0.127. The molecule has 24 heavy (non-hydrogen) atoms. The summed E-state index contributed by atoms with van der Waals surface area (Å²) in [5, 5.41) is 8.28. The van der Waals surface area contributed by atoms with Crippen LogP contribution in [0.15, 0.2) is 6.20 Å². The monoisotopic (exact) mass is 349 g/mol. The van der Waals surface area contributed by atoms with Gasteiger partial charge in [0, 0.05) is 12.2 Å². The Kier molecular flexibility index (Phi) is 4.14. The van der Waals surface area contributed by atoms with Crippen molar-refractivity contribution < 1.29 is 4.79 Å². The van der Waals surface area contributed by atoms with Gasteiger partial charge in [-0.25, -0.2) is 0 Å². The van der Waals surface area contributed by atoms with Gasteiger partial charge in [-0.15, -0.1) is 0 Å². The number of nitrogens with one attached hydrogen (secondary N) is 1. The second-order valence-electron chi connectivity index (χ2n) is 8.57. The zero-order valence-corrected chi connectivity index (χ0v) is 15.5. The summed E-state index contributed by atoms with van der Waals surface area (Å²) in [7, 11) is 0. The molecular formula is C19H28ClN3O. The molecule has 4 aliphatic carbocycles. The van der Waals surface area contributed by atoms with Crippen LogP contribution in [0.4, 0.5) is 0 Å². The van der Waals surface area contributed by atoms with Crippen LogP contribution in [0.2, 0.25) is 5.02 Å². The molecule has 1 N–H and O–H groups in total. The molecule has 4 aliphatic rings. The van der Waals surface area contributed by atoms with E-state index in [1.165, 1.54) is 38.5 Å². The molecule has 4 saturated carbocycles. The molecule has 0 aliphatic heterocycles. The predicted molar refractivity (Wildman–Crippen MR) is 94.8 cm³/mol. The van der Waals surface area contributed by atoms with Crippen molar-refractivity contribution >= 4 is 17.5 Å². The first kappa shape index (κ1) is 16.4. The summed E-state index contributed by atoms with van der Waals surface area (Å²) in [5.41, 5.74) is 1.13. The van der Waals surface area contributed by atoms with Gasteiger partial charge in [-0.2, -0.15) is 5.10 Å². The van der Waals surface area contributed by atoms with Gasteiger partial charge in [0.15, 0.2) is 0 Å². The summed E-state index contributed by atoms with van der Waals surface area (Å²) >= 11 is 6.04. The molecule has 1 aromatic rings. The lowest BCUT2D eigenvalue weighted by Crippen LogP contribution is -2.57. The first-order valence-electron chi connectivity index (χ1n) is 9.46. The summed E-state index contributed by atoms with van der Waals surface area (Å²) < 4.78 is 1.65. The quantitative estimate of drug-likeness (QED) is 0.874. The van der Waals surface area contributed by atoms with Crippen LogP contribution < -0.4 is 5.32 Å². The zero-order valence-electron chi connectivity index (χ0n) is 14.7. The summed E-state index contributed by atoms with van der Waals surface area (Å²) in [5.74, 6) is 2.80. The van der Waals surface area contributed by atoms with Gasteiger partial charge in [-0.05, 0) is 75.0 Å². The number of carbonyl (C=O) groups is 1. The Morgan fingerprint density at radius 2 is 1.92 bits per heavy atom. The van der Waals surface area contributed by atoms with Gasteiger partial charge in [-0.3, -0.25) is 9.48 Å². The highest BCUT2D eigenvalue weighted by Crippen LogP contribution is 2.61. The molecule has 0 radical (unpaired) electrons. The summed E-state index contributed by atoms with van der Waals surface area (Å²) in [6.07, 6.45) is 11.1. The Bertz CT molecular complexity index is 584. The molecule has 5 rings (SSSR count). The van der Waals surface area contributed by atoms with Gasteiger partial charge in [-0.1, -0.05) is 18.5 Å². The molecule has 1 aromatic heterocycles. The summed E-state index contributed by atoms with van der Waals surface area (Å²) in [6, 6.07) is 0.311. The van der Waals surface area contributed by atoms with Crippen LogP contribution in [0, 0.1) is 30.1 Å². The molecule has 1 atom stereocenters. The van der Waals surface area contributed by atoms with Crippen molar-refractivity contribution in [2.75, 3.05) is 0 Å². The minimum absolute atomic E-state index is 0.0664. The Labute approximate surface area is 149 Å². The van der Waals surface area contributed by atoms with E-state index in [1.807, 2.05) is 6.92 Å². The van der Waals surface area contributed by atoms with E-state index in [1.54, 1.807) is 10.9 Å². The molecule has 0 aromatic carbocycles. The number of amides is 1. The molecular weight excluding hydrogens is 322 g/mol. The van der Waals surface area contributed by atoms with Crippen molar-refractivity contribution in [2.24, 2.45) is 23.2 Å². The second kappa shape index (κ2) is 6.05. The Morgan fingerprint density at radius 1 is 1.33 bits per heavy atom. The van der Waals surface area contributed by atoms with Crippen LogP contribution in [0.3, 0.4) is 0 Å². The average Bonchev–Trinajstić information content (AvgIpc) is 2.81. The molecule has 4 bridgehead atoms. The van der Waals surface area contributed by atoms with E-state index in [2.05, 4.69) is 17.3 Å². The van der Waals surface area contributed by atoms with Gasteiger partial charge in [0.1, 0.15) is 6.54 Å². The highest BCUT2D eigenvalue weighted by molar-refractivity contribution is 6.31. The van der Waals surface area contributed by atoms with Gasteiger partial charge in [0.2, 0.25) is 5.91 Å². The fourth-order valence-corrected chi connectivity index (χ4v) is 6.40. The summed E-state index contributed by atoms with van der Waals surface area (Å²) in [4.78, 5) is 12.6. The van der Waals surface area contributed by atoms with E-state index in [-0.39, 0.29) is 12.5 Å². The molecule has 5 heteroatoms. The van der Waals surface area contributed by atoms with E-state index in [0.717, 1.165) is 29.9 Å².